The number of carbonyl (C=O) groups is 2. The molecule has 0 aromatic carbocycles. The lowest BCUT2D eigenvalue weighted by molar-refractivity contribution is -0.220. The van der Waals surface area contributed by atoms with Gasteiger partial charge in [0, 0.05) is 12.3 Å². The number of carbonyl (C=O) groups excluding carboxylic acids is 2. The smallest absolute Gasteiger partial charge is 0.316 e. The number of ether oxygens (including phenoxy) is 2. The van der Waals surface area contributed by atoms with Crippen LogP contribution in [0.3, 0.4) is 0 Å². The van der Waals surface area contributed by atoms with Gasteiger partial charge in [-0.3, -0.25) is 9.59 Å². The van der Waals surface area contributed by atoms with Gasteiger partial charge in [-0.2, -0.15) is 0 Å². The van der Waals surface area contributed by atoms with Crippen molar-refractivity contribution < 1.29 is 19.1 Å². The van der Waals surface area contributed by atoms with E-state index in [1.165, 1.54) is 24.8 Å². The molecular formula is C33H52O4. The molecule has 4 nitrogen and oxygen atoms in total. The Bertz CT molecular complexity index is 1010. The lowest BCUT2D eigenvalue weighted by Gasteiger charge is -2.70. The van der Waals surface area contributed by atoms with Crippen molar-refractivity contribution in [1.29, 1.82) is 0 Å². The van der Waals surface area contributed by atoms with Gasteiger partial charge in [0.2, 0.25) is 0 Å². The van der Waals surface area contributed by atoms with Crippen LogP contribution in [0.2, 0.25) is 0 Å². The summed E-state index contributed by atoms with van der Waals surface area (Å²) in [6, 6.07) is 0. The largest absolute Gasteiger partial charge is 0.468 e. The van der Waals surface area contributed by atoms with Crippen LogP contribution in [-0.2, 0) is 19.1 Å². The Morgan fingerprint density at radius 2 is 1.54 bits per heavy atom. The van der Waals surface area contributed by atoms with Gasteiger partial charge >= 0.3 is 11.9 Å². The highest BCUT2D eigenvalue weighted by molar-refractivity contribution is 5.83. The molecule has 4 fully saturated rings. The maximum Gasteiger partial charge on any atom is 0.316 e. The van der Waals surface area contributed by atoms with Crippen LogP contribution in [0.4, 0.5) is 0 Å². The fourth-order valence-corrected chi connectivity index (χ4v) is 11.2. The molecule has 0 radical (unpaired) electrons. The number of rotatable bonds is 2. The molecule has 0 aliphatic heterocycles. The highest BCUT2D eigenvalue weighted by atomic mass is 16.5. The molecule has 208 valence electrons. The molecule has 0 aromatic rings. The lowest BCUT2D eigenvalue weighted by atomic mass is 9.33. The Morgan fingerprint density at radius 3 is 2.19 bits per heavy atom. The van der Waals surface area contributed by atoms with E-state index in [1.807, 2.05) is 0 Å². The summed E-state index contributed by atoms with van der Waals surface area (Å²) in [6.45, 7) is 18.5. The first-order chi connectivity index (χ1) is 17.1. The topological polar surface area (TPSA) is 52.6 Å². The first-order valence-corrected chi connectivity index (χ1v) is 15.0. The van der Waals surface area contributed by atoms with Crippen molar-refractivity contribution in [3.8, 4) is 0 Å². The number of methoxy groups -OCH3 is 1. The van der Waals surface area contributed by atoms with Crippen LogP contribution in [-0.4, -0.2) is 25.2 Å². The highest BCUT2D eigenvalue weighted by Crippen LogP contribution is 2.76. The van der Waals surface area contributed by atoms with E-state index in [0.29, 0.717) is 23.2 Å². The normalized spacial score (nSPS) is 47.8. The minimum Gasteiger partial charge on any atom is -0.468 e. The summed E-state index contributed by atoms with van der Waals surface area (Å²) < 4.78 is 11.6. The highest BCUT2D eigenvalue weighted by Gasteiger charge is 2.72. The summed E-state index contributed by atoms with van der Waals surface area (Å²) in [5, 5.41) is 0. The molecule has 4 saturated carbocycles. The average molecular weight is 513 g/mol. The maximum absolute atomic E-state index is 14.2. The summed E-state index contributed by atoms with van der Waals surface area (Å²) >= 11 is 0. The second kappa shape index (κ2) is 8.34. The van der Waals surface area contributed by atoms with Gasteiger partial charge in [0.15, 0.2) is 0 Å². The van der Waals surface area contributed by atoms with Gasteiger partial charge in [-0.25, -0.2) is 0 Å². The number of allylic oxidation sites excluding steroid dienone is 1. The first-order valence-electron chi connectivity index (χ1n) is 15.0. The van der Waals surface area contributed by atoms with Crippen molar-refractivity contribution in [3.63, 3.8) is 0 Å². The summed E-state index contributed by atoms with van der Waals surface area (Å²) in [6.07, 6.45) is 13.4. The van der Waals surface area contributed by atoms with E-state index in [0.717, 1.165) is 44.9 Å². The van der Waals surface area contributed by atoms with Crippen LogP contribution in [0.5, 0.6) is 0 Å². The molecule has 5 rings (SSSR count). The van der Waals surface area contributed by atoms with Gasteiger partial charge in [0.1, 0.15) is 6.10 Å². The van der Waals surface area contributed by atoms with E-state index in [2.05, 4.69) is 54.5 Å². The van der Waals surface area contributed by atoms with E-state index < -0.39 is 5.41 Å². The molecule has 0 heterocycles. The summed E-state index contributed by atoms with van der Waals surface area (Å²) in [5.41, 5.74) is 1.41. The molecule has 37 heavy (non-hydrogen) atoms. The van der Waals surface area contributed by atoms with Crippen LogP contribution >= 0.6 is 0 Å². The van der Waals surface area contributed by atoms with Crippen molar-refractivity contribution >= 4 is 11.9 Å². The van der Waals surface area contributed by atoms with Gasteiger partial charge in [-0.05, 0) is 104 Å². The molecule has 0 N–H and O–H groups in total. The SMILES string of the molecule is COC(=O)[C@@]12CC[C@@]3(C)CCC(C)(C)C[C@H]3C1=CC[C@@H]1[C@@]3(C)CC[C@@H](OC(C)=O)C(C)(C)[C@@H]3CC[C@]12C. The standard InChI is InChI=1S/C33H52O4/c1-21(34)37-26-13-14-31(7)24(29(26,4)5)12-15-32(8)25(31)11-10-22-23-20-28(2,3)16-17-30(23,6)18-19-33(22,32)27(35)36-9/h10,23-26H,11-20H2,1-9H3/t23-,24-,25+,26+,30+,31-,32+,33+/m0/s1. The molecule has 0 bridgehead atoms. The van der Waals surface area contributed by atoms with Crippen molar-refractivity contribution in [1.82, 2.24) is 0 Å². The molecule has 8 atom stereocenters. The minimum atomic E-state index is -0.521. The van der Waals surface area contributed by atoms with Crippen LogP contribution in [0.25, 0.3) is 0 Å². The molecule has 0 unspecified atom stereocenters. The molecule has 5 aliphatic carbocycles. The fraction of sp³-hybridized carbons (Fsp3) is 0.879. The van der Waals surface area contributed by atoms with E-state index in [4.69, 9.17) is 9.47 Å². The van der Waals surface area contributed by atoms with Gasteiger partial charge in [0.25, 0.3) is 0 Å². The van der Waals surface area contributed by atoms with Crippen molar-refractivity contribution in [2.45, 2.75) is 126 Å². The second-order valence-electron chi connectivity index (χ2n) is 15.9. The maximum atomic E-state index is 14.2. The third-order valence-electron chi connectivity index (χ3n) is 13.3. The molecule has 0 aromatic heterocycles. The minimum absolute atomic E-state index is 0.0197. The van der Waals surface area contributed by atoms with Crippen molar-refractivity contribution in [2.24, 2.45) is 50.2 Å². The predicted octanol–water partition coefficient (Wildman–Crippen LogP) is 7.89. The van der Waals surface area contributed by atoms with E-state index in [1.54, 1.807) is 14.0 Å². The Morgan fingerprint density at radius 1 is 0.865 bits per heavy atom. The van der Waals surface area contributed by atoms with Crippen molar-refractivity contribution in [2.75, 3.05) is 7.11 Å². The molecule has 5 aliphatic rings. The van der Waals surface area contributed by atoms with Crippen LogP contribution in [0, 0.1) is 50.2 Å². The Balaban J connectivity index is 1.61. The molecular weight excluding hydrogens is 460 g/mol. The Kier molecular flexibility index (Phi) is 6.14. The lowest BCUT2D eigenvalue weighted by Crippen LogP contribution is -2.67. The quantitative estimate of drug-likeness (QED) is 0.279. The van der Waals surface area contributed by atoms with E-state index in [-0.39, 0.29) is 39.7 Å². The summed E-state index contributed by atoms with van der Waals surface area (Å²) in [7, 11) is 1.61. The Hall–Kier alpha value is -1.32. The van der Waals surface area contributed by atoms with Gasteiger partial charge < -0.3 is 9.47 Å². The molecule has 4 heteroatoms. The first kappa shape index (κ1) is 27.3. The fourth-order valence-electron chi connectivity index (χ4n) is 11.2. The van der Waals surface area contributed by atoms with Gasteiger partial charge in [-0.15, -0.1) is 0 Å². The average Bonchev–Trinajstić information content (AvgIpc) is 2.80. The zero-order valence-electron chi connectivity index (χ0n) is 25.1. The van der Waals surface area contributed by atoms with E-state index >= 15 is 0 Å². The van der Waals surface area contributed by atoms with E-state index in [9.17, 15) is 9.59 Å². The summed E-state index contributed by atoms with van der Waals surface area (Å²) in [4.78, 5) is 26.1. The predicted molar refractivity (Wildman–Crippen MR) is 147 cm³/mol. The van der Waals surface area contributed by atoms with Crippen LogP contribution in [0.1, 0.15) is 120 Å². The zero-order valence-corrected chi connectivity index (χ0v) is 25.1. The third-order valence-corrected chi connectivity index (χ3v) is 13.3. The van der Waals surface area contributed by atoms with Crippen molar-refractivity contribution in [3.05, 3.63) is 11.6 Å². The number of hydrogen-bond donors (Lipinski definition) is 0. The zero-order chi connectivity index (χ0) is 27.2. The monoisotopic (exact) mass is 512 g/mol. The number of fused-ring (bicyclic) bond motifs is 7. The van der Waals surface area contributed by atoms with Gasteiger partial charge in [0.05, 0.1) is 12.5 Å². The molecule has 0 spiro atoms. The number of esters is 2. The molecule has 0 amide bonds. The van der Waals surface area contributed by atoms with Gasteiger partial charge in [-0.1, -0.05) is 60.1 Å². The second-order valence-corrected chi connectivity index (χ2v) is 15.9. The third kappa shape index (κ3) is 3.58. The van der Waals surface area contributed by atoms with Crippen LogP contribution < -0.4 is 0 Å². The number of hydrogen-bond acceptors (Lipinski definition) is 4. The summed E-state index contributed by atoms with van der Waals surface area (Å²) in [5.74, 6) is 1.19. The molecule has 0 saturated heterocycles. The van der Waals surface area contributed by atoms with Crippen LogP contribution in [0.15, 0.2) is 11.6 Å². The Labute approximate surface area is 225 Å².